The normalized spacial score (nSPS) is 12.2. The number of furan rings is 2. The van der Waals surface area contributed by atoms with Crippen LogP contribution >= 0.6 is 11.3 Å². The van der Waals surface area contributed by atoms with Gasteiger partial charge in [0.05, 0.1) is 22.1 Å². The molecule has 8 heteroatoms. The lowest BCUT2D eigenvalue weighted by Gasteiger charge is -2.13. The molecule has 6 heterocycles. The van der Waals surface area contributed by atoms with Crippen LogP contribution < -0.4 is 0 Å². The number of benzene rings is 11. The van der Waals surface area contributed by atoms with Crippen LogP contribution in [0.2, 0.25) is 0 Å². The summed E-state index contributed by atoms with van der Waals surface area (Å²) in [5.74, 6) is 1.63. The molecule has 0 bridgehead atoms. The highest BCUT2D eigenvalue weighted by atomic mass is 32.1. The number of para-hydroxylation sites is 3. The Morgan fingerprint density at radius 1 is 0.312 bits per heavy atom. The Morgan fingerprint density at radius 2 is 0.844 bits per heavy atom. The van der Waals surface area contributed by atoms with Crippen molar-refractivity contribution in [2.45, 2.75) is 0 Å². The van der Waals surface area contributed by atoms with E-state index in [1.165, 1.54) is 31.1 Å². The van der Waals surface area contributed by atoms with Gasteiger partial charge in [-0.15, -0.1) is 11.3 Å². The van der Waals surface area contributed by atoms with Crippen LogP contribution in [0.5, 0.6) is 0 Å². The molecule has 358 valence electrons. The number of rotatable bonds is 6. The zero-order valence-corrected chi connectivity index (χ0v) is 41.8. The lowest BCUT2D eigenvalue weighted by Crippen LogP contribution is -2.07. The van der Waals surface area contributed by atoms with E-state index in [1.807, 2.05) is 41.7 Å². The highest BCUT2D eigenvalue weighted by Crippen LogP contribution is 2.45. The first-order valence-electron chi connectivity index (χ1n) is 25.8. The van der Waals surface area contributed by atoms with Gasteiger partial charge in [0.25, 0.3) is 0 Å². The van der Waals surface area contributed by atoms with Crippen molar-refractivity contribution in [3.05, 3.63) is 237 Å². The highest BCUT2D eigenvalue weighted by molar-refractivity contribution is 7.25. The molecule has 0 unspecified atom stereocenters. The zero-order valence-electron chi connectivity index (χ0n) is 41.0. The fourth-order valence-electron chi connectivity index (χ4n) is 12.2. The number of hydrogen-bond acceptors (Lipinski definition) is 6. The minimum atomic E-state index is 0.518. The van der Waals surface area contributed by atoms with Gasteiger partial charge < -0.3 is 13.4 Å². The lowest BCUT2D eigenvalue weighted by atomic mass is 9.95. The van der Waals surface area contributed by atoms with E-state index in [2.05, 4.69) is 215 Å². The van der Waals surface area contributed by atoms with Crippen LogP contribution in [0.3, 0.4) is 0 Å². The molecule has 0 amide bonds. The van der Waals surface area contributed by atoms with Gasteiger partial charge in [0.15, 0.2) is 11.6 Å². The van der Waals surface area contributed by atoms with Crippen molar-refractivity contribution in [3.63, 3.8) is 0 Å². The van der Waals surface area contributed by atoms with E-state index in [9.17, 15) is 0 Å². The summed E-state index contributed by atoms with van der Waals surface area (Å²) >= 11 is 1.84. The molecule has 0 saturated heterocycles. The fraction of sp³-hybridized carbons (Fsp3) is 0. The van der Waals surface area contributed by atoms with Crippen LogP contribution in [0.25, 0.3) is 164 Å². The standard InChI is InChI=1S/C69H39N5O2S/c1-3-15-40(16-4-1)67-70-68(72-69(71-67)74-56-25-11-8-20-47(56)51-34-33-50-46-19-7-10-24-55(46)73(65(50)66(51)74)44-17-5-2-6-18-44)52-23-14-27-60-64(52)54-38-43(31-36-58(54)76-60)45-22-13-26-59-63(45)53-37-41(30-35-57(53)75-59)42-29-32-49-48-21-9-12-28-61(48)77-62(49)39-42/h1-39H. The average Bonchev–Trinajstić information content (AvgIpc) is 4.38. The van der Waals surface area contributed by atoms with Crippen molar-refractivity contribution in [2.75, 3.05) is 0 Å². The van der Waals surface area contributed by atoms with E-state index in [0.29, 0.717) is 17.6 Å². The molecular formula is C69H39N5O2S. The molecular weight excluding hydrogens is 963 g/mol. The summed E-state index contributed by atoms with van der Waals surface area (Å²) in [6.07, 6.45) is 0. The van der Waals surface area contributed by atoms with Crippen molar-refractivity contribution in [3.8, 4) is 56.7 Å². The third-order valence-corrected chi connectivity index (χ3v) is 16.7. The predicted octanol–water partition coefficient (Wildman–Crippen LogP) is 18.9. The van der Waals surface area contributed by atoms with Crippen LogP contribution in [0.15, 0.2) is 245 Å². The van der Waals surface area contributed by atoms with Crippen LogP contribution in [0.4, 0.5) is 0 Å². The fourth-order valence-corrected chi connectivity index (χ4v) is 13.3. The Bertz CT molecular complexity index is 5290. The van der Waals surface area contributed by atoms with Gasteiger partial charge in [-0.2, -0.15) is 9.97 Å². The maximum absolute atomic E-state index is 6.73. The molecule has 0 atom stereocenters. The number of hydrogen-bond donors (Lipinski definition) is 0. The van der Waals surface area contributed by atoms with E-state index in [1.54, 1.807) is 0 Å². The number of thiophene rings is 1. The minimum absolute atomic E-state index is 0.518. The van der Waals surface area contributed by atoms with Gasteiger partial charge in [0.2, 0.25) is 5.95 Å². The van der Waals surface area contributed by atoms with E-state index >= 15 is 0 Å². The molecule has 7 nitrogen and oxygen atoms in total. The Kier molecular flexibility index (Phi) is 8.87. The van der Waals surface area contributed by atoms with Crippen LogP contribution in [0, 0.1) is 0 Å². The van der Waals surface area contributed by atoms with Gasteiger partial charge in [-0.05, 0) is 95.1 Å². The summed E-state index contributed by atoms with van der Waals surface area (Å²) in [6, 6.07) is 83.7. The van der Waals surface area contributed by atoms with Gasteiger partial charge in [-0.3, -0.25) is 4.57 Å². The number of aromatic nitrogens is 5. The van der Waals surface area contributed by atoms with Gasteiger partial charge in [0, 0.05) is 80.1 Å². The topological polar surface area (TPSA) is 74.8 Å². The molecule has 0 N–H and O–H groups in total. The predicted molar refractivity (Wildman–Crippen MR) is 318 cm³/mol. The third kappa shape index (κ3) is 6.27. The molecule has 0 spiro atoms. The first-order chi connectivity index (χ1) is 38.2. The molecule has 0 aliphatic rings. The minimum Gasteiger partial charge on any atom is -0.456 e. The van der Waals surface area contributed by atoms with E-state index in [0.717, 1.165) is 116 Å². The maximum Gasteiger partial charge on any atom is 0.238 e. The zero-order chi connectivity index (χ0) is 50.3. The van der Waals surface area contributed by atoms with Crippen molar-refractivity contribution >= 4 is 119 Å². The van der Waals surface area contributed by atoms with Crippen LogP contribution in [-0.4, -0.2) is 24.1 Å². The Labute approximate surface area is 442 Å². The Hall–Kier alpha value is -10.2. The summed E-state index contributed by atoms with van der Waals surface area (Å²) in [6.45, 7) is 0. The largest absolute Gasteiger partial charge is 0.456 e. The van der Waals surface area contributed by atoms with Gasteiger partial charge >= 0.3 is 0 Å². The summed E-state index contributed by atoms with van der Waals surface area (Å²) in [5, 5.41) is 11.2. The Balaban J connectivity index is 0.879. The third-order valence-electron chi connectivity index (χ3n) is 15.6. The second kappa shape index (κ2) is 16.2. The van der Waals surface area contributed by atoms with Crippen LogP contribution in [-0.2, 0) is 0 Å². The Morgan fingerprint density at radius 3 is 1.58 bits per heavy atom. The molecule has 0 aliphatic heterocycles. The van der Waals surface area contributed by atoms with Gasteiger partial charge in [0.1, 0.15) is 22.3 Å². The number of fused-ring (bicyclic) bond motifs is 16. The molecule has 17 rings (SSSR count). The second-order valence-electron chi connectivity index (χ2n) is 19.8. The molecule has 0 fully saturated rings. The number of nitrogens with zero attached hydrogens (tertiary/aromatic N) is 5. The van der Waals surface area contributed by atoms with E-state index in [-0.39, 0.29) is 0 Å². The summed E-state index contributed by atoms with van der Waals surface area (Å²) in [7, 11) is 0. The second-order valence-corrected chi connectivity index (χ2v) is 20.9. The molecule has 17 aromatic rings. The first kappa shape index (κ1) is 42.2. The van der Waals surface area contributed by atoms with Crippen molar-refractivity contribution in [1.29, 1.82) is 0 Å². The van der Waals surface area contributed by atoms with Crippen molar-refractivity contribution in [1.82, 2.24) is 24.1 Å². The van der Waals surface area contributed by atoms with Crippen molar-refractivity contribution in [2.24, 2.45) is 0 Å². The monoisotopic (exact) mass is 1000 g/mol. The van der Waals surface area contributed by atoms with E-state index in [4.69, 9.17) is 23.8 Å². The van der Waals surface area contributed by atoms with Crippen LogP contribution in [0.1, 0.15) is 0 Å². The smallest absolute Gasteiger partial charge is 0.238 e. The maximum atomic E-state index is 6.73. The highest BCUT2D eigenvalue weighted by Gasteiger charge is 2.25. The summed E-state index contributed by atoms with van der Waals surface area (Å²) < 4.78 is 20.5. The summed E-state index contributed by atoms with van der Waals surface area (Å²) in [4.78, 5) is 16.3. The molecule has 77 heavy (non-hydrogen) atoms. The van der Waals surface area contributed by atoms with Gasteiger partial charge in [-0.1, -0.05) is 164 Å². The van der Waals surface area contributed by atoms with E-state index < -0.39 is 0 Å². The van der Waals surface area contributed by atoms with Gasteiger partial charge in [-0.25, -0.2) is 4.98 Å². The average molecular weight is 1000 g/mol. The lowest BCUT2D eigenvalue weighted by molar-refractivity contribution is 0.669. The molecule has 6 aromatic heterocycles. The first-order valence-corrected chi connectivity index (χ1v) is 26.6. The molecule has 0 radical (unpaired) electrons. The molecule has 0 saturated carbocycles. The quantitative estimate of drug-likeness (QED) is 0.166. The van der Waals surface area contributed by atoms with Crippen molar-refractivity contribution < 1.29 is 8.83 Å². The molecule has 0 aliphatic carbocycles. The molecule has 11 aromatic carbocycles. The SMILES string of the molecule is c1ccc(-c2nc(-c3cccc4oc5ccc(-c6cccc7oc8ccc(-c9ccc%10c(c9)sc9ccccc9%10)cc8c67)cc5c34)nc(-n3c4ccccc4c4ccc5c6ccccc6n(-c6ccccc6)c5c43)n2)cc1. The summed E-state index contributed by atoms with van der Waals surface area (Å²) in [5.41, 5.74) is 14.7.